The van der Waals surface area contributed by atoms with Crippen LogP contribution in [0.4, 0.5) is 9.59 Å². The van der Waals surface area contributed by atoms with Gasteiger partial charge in [0.25, 0.3) is 0 Å². The average Bonchev–Trinajstić information content (AvgIpc) is 3.29. The second-order valence-corrected chi connectivity index (χ2v) is 7.13. The van der Waals surface area contributed by atoms with Crippen LogP contribution in [0.2, 0.25) is 0 Å². The Kier molecular flexibility index (Phi) is 5.03. The van der Waals surface area contributed by atoms with Gasteiger partial charge >= 0.3 is 12.2 Å². The number of nitrogens with zero attached hydrogens (tertiary/aromatic N) is 2. The molecule has 0 aliphatic heterocycles. The third-order valence-electron chi connectivity index (χ3n) is 5.08. The molecule has 3 aromatic rings. The normalized spacial score (nSPS) is 13.4. The summed E-state index contributed by atoms with van der Waals surface area (Å²) in [6.45, 7) is 2.07. The number of amides is 1. The van der Waals surface area contributed by atoms with Gasteiger partial charge in [-0.05, 0) is 29.2 Å². The summed E-state index contributed by atoms with van der Waals surface area (Å²) in [5.74, 6) is 0.00900. The van der Waals surface area contributed by atoms with E-state index in [0.29, 0.717) is 12.1 Å². The molecule has 0 saturated carbocycles. The molecule has 0 saturated heterocycles. The Morgan fingerprint density at radius 2 is 1.76 bits per heavy atom. The zero-order valence-electron chi connectivity index (χ0n) is 15.9. The number of imidazole rings is 1. The minimum absolute atomic E-state index is 0.00900. The molecule has 7 nitrogen and oxygen atoms in total. The van der Waals surface area contributed by atoms with E-state index >= 15 is 0 Å². The molecule has 1 heterocycles. The molecular formula is C22H21N3O4. The monoisotopic (exact) mass is 391 g/mol. The second-order valence-electron chi connectivity index (χ2n) is 7.13. The quantitative estimate of drug-likeness (QED) is 0.688. The number of carbonyl (C=O) groups is 2. The SMILES string of the molecule is C[C@H](Cc1cn(C(=O)O)cn1)NC(=O)OCC1c2ccccc2-c2ccccc21. The minimum Gasteiger partial charge on any atom is -0.464 e. The molecule has 0 radical (unpaired) electrons. The van der Waals surface area contributed by atoms with Crippen molar-refractivity contribution in [2.45, 2.75) is 25.3 Å². The van der Waals surface area contributed by atoms with Crippen molar-refractivity contribution in [1.82, 2.24) is 14.9 Å². The van der Waals surface area contributed by atoms with Crippen molar-refractivity contribution in [2.24, 2.45) is 0 Å². The van der Waals surface area contributed by atoms with Crippen LogP contribution in [0.15, 0.2) is 61.1 Å². The number of hydrogen-bond acceptors (Lipinski definition) is 4. The van der Waals surface area contributed by atoms with Crippen LogP contribution in [0.25, 0.3) is 11.1 Å². The summed E-state index contributed by atoms with van der Waals surface area (Å²) >= 11 is 0. The van der Waals surface area contributed by atoms with E-state index in [0.717, 1.165) is 15.7 Å². The Labute approximate surface area is 168 Å². The summed E-state index contributed by atoms with van der Waals surface area (Å²) in [7, 11) is 0. The fourth-order valence-corrected chi connectivity index (χ4v) is 3.78. The zero-order chi connectivity index (χ0) is 20.4. The van der Waals surface area contributed by atoms with Crippen LogP contribution in [0, 0.1) is 0 Å². The number of carboxylic acid groups (broad SMARTS) is 1. The highest BCUT2D eigenvalue weighted by Crippen LogP contribution is 2.44. The molecule has 1 atom stereocenters. The molecule has 1 aliphatic carbocycles. The van der Waals surface area contributed by atoms with E-state index in [9.17, 15) is 9.59 Å². The first-order valence-corrected chi connectivity index (χ1v) is 9.40. The van der Waals surface area contributed by atoms with Gasteiger partial charge in [0.2, 0.25) is 0 Å². The fraction of sp³-hybridized carbons (Fsp3) is 0.227. The molecule has 1 aromatic heterocycles. The molecule has 2 aromatic carbocycles. The van der Waals surface area contributed by atoms with Crippen LogP contribution in [0.3, 0.4) is 0 Å². The van der Waals surface area contributed by atoms with Gasteiger partial charge in [-0.3, -0.25) is 0 Å². The van der Waals surface area contributed by atoms with E-state index in [2.05, 4.69) is 34.6 Å². The van der Waals surface area contributed by atoms with Gasteiger partial charge in [-0.25, -0.2) is 19.1 Å². The summed E-state index contributed by atoms with van der Waals surface area (Å²) in [6.07, 6.45) is 1.47. The van der Waals surface area contributed by atoms with Crippen LogP contribution in [-0.2, 0) is 11.2 Å². The van der Waals surface area contributed by atoms with Crippen molar-refractivity contribution in [3.63, 3.8) is 0 Å². The molecule has 0 bridgehead atoms. The average molecular weight is 391 g/mol. The van der Waals surface area contributed by atoms with E-state index in [4.69, 9.17) is 9.84 Å². The van der Waals surface area contributed by atoms with E-state index in [1.165, 1.54) is 23.7 Å². The Bertz CT molecular complexity index is 1010. The van der Waals surface area contributed by atoms with Crippen molar-refractivity contribution in [3.8, 4) is 11.1 Å². The molecular weight excluding hydrogens is 370 g/mol. The van der Waals surface area contributed by atoms with E-state index < -0.39 is 12.2 Å². The lowest BCUT2D eigenvalue weighted by Gasteiger charge is -2.16. The van der Waals surface area contributed by atoms with Crippen molar-refractivity contribution in [2.75, 3.05) is 6.61 Å². The predicted octanol–water partition coefficient (Wildman–Crippen LogP) is 3.88. The zero-order valence-corrected chi connectivity index (χ0v) is 15.9. The number of hydrogen-bond donors (Lipinski definition) is 2. The Hall–Kier alpha value is -3.61. The Balaban J connectivity index is 1.36. The highest BCUT2D eigenvalue weighted by Gasteiger charge is 2.29. The minimum atomic E-state index is -1.10. The number of carbonyl (C=O) groups excluding carboxylic acids is 1. The summed E-state index contributed by atoms with van der Waals surface area (Å²) in [5, 5.41) is 11.7. The second kappa shape index (κ2) is 7.79. The van der Waals surface area contributed by atoms with Gasteiger partial charge in [-0.2, -0.15) is 0 Å². The van der Waals surface area contributed by atoms with Crippen molar-refractivity contribution < 1.29 is 19.4 Å². The van der Waals surface area contributed by atoms with Gasteiger partial charge in [0.15, 0.2) is 0 Å². The summed E-state index contributed by atoms with van der Waals surface area (Å²) in [4.78, 5) is 27.2. The summed E-state index contributed by atoms with van der Waals surface area (Å²) in [5.41, 5.74) is 5.26. The molecule has 148 valence electrons. The maximum absolute atomic E-state index is 12.3. The molecule has 2 N–H and O–H groups in total. The van der Waals surface area contributed by atoms with Crippen molar-refractivity contribution in [3.05, 3.63) is 77.9 Å². The third kappa shape index (κ3) is 3.85. The summed E-state index contributed by atoms with van der Waals surface area (Å²) < 4.78 is 6.50. The third-order valence-corrected chi connectivity index (χ3v) is 5.08. The van der Waals surface area contributed by atoms with Crippen LogP contribution < -0.4 is 5.32 Å². The lowest BCUT2D eigenvalue weighted by molar-refractivity contribution is 0.139. The molecule has 29 heavy (non-hydrogen) atoms. The van der Waals surface area contributed by atoms with Crippen LogP contribution >= 0.6 is 0 Å². The van der Waals surface area contributed by atoms with E-state index in [1.807, 2.05) is 31.2 Å². The van der Waals surface area contributed by atoms with Gasteiger partial charge in [0.1, 0.15) is 12.9 Å². The highest BCUT2D eigenvalue weighted by atomic mass is 16.5. The smallest absolute Gasteiger partial charge is 0.416 e. The number of fused-ring (bicyclic) bond motifs is 3. The first-order chi connectivity index (χ1) is 14.0. The predicted molar refractivity (Wildman–Crippen MR) is 107 cm³/mol. The number of ether oxygens (including phenoxy) is 1. The van der Waals surface area contributed by atoms with Gasteiger partial charge in [-0.15, -0.1) is 0 Å². The van der Waals surface area contributed by atoms with Gasteiger partial charge < -0.3 is 15.2 Å². The number of alkyl carbamates (subject to hydrolysis) is 1. The van der Waals surface area contributed by atoms with Crippen LogP contribution in [0.5, 0.6) is 0 Å². The molecule has 1 aliphatic rings. The maximum Gasteiger partial charge on any atom is 0.416 e. The van der Waals surface area contributed by atoms with Gasteiger partial charge in [-0.1, -0.05) is 48.5 Å². The number of benzene rings is 2. The first kappa shape index (κ1) is 18.7. The molecule has 4 rings (SSSR count). The number of nitrogens with one attached hydrogen (secondary N) is 1. The largest absolute Gasteiger partial charge is 0.464 e. The van der Waals surface area contributed by atoms with Crippen LogP contribution in [-0.4, -0.2) is 39.5 Å². The molecule has 7 heteroatoms. The van der Waals surface area contributed by atoms with E-state index in [-0.39, 0.29) is 18.6 Å². The highest BCUT2D eigenvalue weighted by molar-refractivity contribution is 5.79. The lowest BCUT2D eigenvalue weighted by Crippen LogP contribution is -2.35. The standard InChI is InChI=1S/C22H21N3O4/c1-14(10-15-11-25(13-23-15)22(27)28)24-21(26)29-12-20-18-8-4-2-6-16(18)17-7-3-5-9-19(17)20/h2-9,11,13-14,20H,10,12H2,1H3,(H,24,26)(H,27,28)/t14-/m1/s1. The number of aromatic nitrogens is 2. The lowest BCUT2D eigenvalue weighted by atomic mass is 9.98. The summed E-state index contributed by atoms with van der Waals surface area (Å²) in [6, 6.07) is 16.1. The Morgan fingerprint density at radius 1 is 1.14 bits per heavy atom. The first-order valence-electron chi connectivity index (χ1n) is 9.40. The number of rotatable bonds is 5. The van der Waals surface area contributed by atoms with Gasteiger partial charge in [0, 0.05) is 24.6 Å². The Morgan fingerprint density at radius 3 is 2.34 bits per heavy atom. The topological polar surface area (TPSA) is 93.5 Å². The molecule has 1 amide bonds. The maximum atomic E-state index is 12.3. The van der Waals surface area contributed by atoms with Crippen molar-refractivity contribution in [1.29, 1.82) is 0 Å². The van der Waals surface area contributed by atoms with E-state index in [1.54, 1.807) is 0 Å². The van der Waals surface area contributed by atoms with Gasteiger partial charge in [0.05, 0.1) is 5.69 Å². The molecule has 0 spiro atoms. The molecule has 0 fully saturated rings. The molecule has 0 unspecified atom stereocenters. The van der Waals surface area contributed by atoms with Crippen LogP contribution in [0.1, 0.15) is 29.7 Å². The fourth-order valence-electron chi connectivity index (χ4n) is 3.78. The van der Waals surface area contributed by atoms with Crippen molar-refractivity contribution >= 4 is 12.2 Å².